The number of aromatic nitrogens is 2. The van der Waals surface area contributed by atoms with E-state index in [0.29, 0.717) is 6.07 Å². The number of benzene rings is 2. The van der Waals surface area contributed by atoms with Gasteiger partial charge in [-0.3, -0.25) is 14.2 Å². The average Bonchev–Trinajstić information content (AvgIpc) is 2.76. The summed E-state index contributed by atoms with van der Waals surface area (Å²) < 4.78 is 65.4. The quantitative estimate of drug-likeness (QED) is 0.505. The molecule has 0 spiro atoms. The predicted molar refractivity (Wildman–Crippen MR) is 110 cm³/mol. The van der Waals surface area contributed by atoms with Gasteiger partial charge in [-0.1, -0.05) is 12.1 Å². The molecule has 2 aromatic carbocycles. The summed E-state index contributed by atoms with van der Waals surface area (Å²) in [5.74, 6) is -1.69. The number of hydrogen-bond acceptors (Lipinski definition) is 6. The number of ketones is 1. The van der Waals surface area contributed by atoms with Gasteiger partial charge in [0.25, 0.3) is 5.56 Å². The molecule has 12 heteroatoms. The van der Waals surface area contributed by atoms with Crippen LogP contribution in [0.5, 0.6) is 17.2 Å². The first kappa shape index (κ1) is 24.2. The van der Waals surface area contributed by atoms with Crippen LogP contribution < -0.4 is 20.7 Å². The largest absolute Gasteiger partial charge is 0.482 e. The number of carbonyl (C=O) groups is 1. The highest BCUT2D eigenvalue weighted by molar-refractivity contribution is 5.77. The smallest absolute Gasteiger partial charge is 0.431 e. The molecule has 3 rings (SSSR count). The first-order chi connectivity index (χ1) is 15.9. The van der Waals surface area contributed by atoms with Crippen molar-refractivity contribution < 1.29 is 31.8 Å². The lowest BCUT2D eigenvalue weighted by Gasteiger charge is -2.16. The Kier molecular flexibility index (Phi) is 6.58. The molecule has 0 atom stereocenters. The van der Waals surface area contributed by atoms with Gasteiger partial charge in [0.05, 0.1) is 11.3 Å². The van der Waals surface area contributed by atoms with Gasteiger partial charge in [-0.15, -0.1) is 0 Å². The third-order valence-corrected chi connectivity index (χ3v) is 4.52. The number of para-hydroxylation sites is 2. The molecule has 0 fully saturated rings. The van der Waals surface area contributed by atoms with Crippen LogP contribution in [0.15, 0.2) is 52.1 Å². The van der Waals surface area contributed by atoms with Crippen LogP contribution in [0, 0.1) is 17.1 Å². The van der Waals surface area contributed by atoms with E-state index in [1.54, 1.807) is 18.2 Å². The van der Waals surface area contributed by atoms with E-state index in [9.17, 15) is 37.2 Å². The van der Waals surface area contributed by atoms with Crippen LogP contribution >= 0.6 is 0 Å². The summed E-state index contributed by atoms with van der Waals surface area (Å²) in [4.78, 5) is 36.1. The molecule has 0 amide bonds. The predicted octanol–water partition coefficient (Wildman–Crippen LogP) is 3.33. The molecule has 34 heavy (non-hydrogen) atoms. The van der Waals surface area contributed by atoms with Crippen molar-refractivity contribution in [1.82, 2.24) is 9.13 Å². The molecule has 0 radical (unpaired) electrons. The van der Waals surface area contributed by atoms with Crippen molar-refractivity contribution in [3.8, 4) is 29.0 Å². The summed E-state index contributed by atoms with van der Waals surface area (Å²) in [6.45, 7) is 1.02. The molecular weight excluding hydrogens is 462 g/mol. The maximum Gasteiger partial charge on any atom is 0.431 e. The maximum absolute atomic E-state index is 14.8. The minimum atomic E-state index is -4.99. The molecule has 0 aliphatic heterocycles. The second-order valence-corrected chi connectivity index (χ2v) is 6.99. The lowest BCUT2D eigenvalue weighted by Crippen LogP contribution is -2.41. The number of alkyl halides is 3. The summed E-state index contributed by atoms with van der Waals surface area (Å²) in [6.07, 6.45) is -4.99. The number of hydrogen-bond donors (Lipinski definition) is 0. The van der Waals surface area contributed by atoms with Crippen LogP contribution in [0.2, 0.25) is 0 Å². The van der Waals surface area contributed by atoms with Crippen LogP contribution in [0.3, 0.4) is 0 Å². The van der Waals surface area contributed by atoms with E-state index in [1.807, 2.05) is 0 Å². The van der Waals surface area contributed by atoms with Gasteiger partial charge in [0.15, 0.2) is 17.3 Å². The van der Waals surface area contributed by atoms with Crippen molar-refractivity contribution >= 4 is 5.78 Å². The Bertz CT molecular complexity index is 1430. The first-order valence-electron chi connectivity index (χ1n) is 9.47. The molecule has 0 aliphatic rings. The summed E-state index contributed by atoms with van der Waals surface area (Å²) in [6, 6.07) is 9.37. The zero-order chi connectivity index (χ0) is 25.2. The van der Waals surface area contributed by atoms with Crippen LogP contribution in [-0.4, -0.2) is 21.5 Å². The van der Waals surface area contributed by atoms with E-state index in [4.69, 9.17) is 9.47 Å². The van der Waals surface area contributed by atoms with Crippen LogP contribution in [0.4, 0.5) is 17.6 Å². The summed E-state index contributed by atoms with van der Waals surface area (Å²) in [5, 5.41) is 9.38. The van der Waals surface area contributed by atoms with Crippen molar-refractivity contribution in [2.24, 2.45) is 7.05 Å². The number of nitrogens with zero attached hydrogens (tertiary/aromatic N) is 3. The van der Waals surface area contributed by atoms with Crippen molar-refractivity contribution in [3.05, 3.63) is 80.4 Å². The second kappa shape index (κ2) is 9.22. The normalized spacial score (nSPS) is 11.1. The minimum Gasteiger partial charge on any atom is -0.482 e. The molecule has 0 aliphatic carbocycles. The Hall–Kier alpha value is -4.40. The Morgan fingerprint density at radius 2 is 1.74 bits per heavy atom. The Morgan fingerprint density at radius 3 is 2.32 bits per heavy atom. The van der Waals surface area contributed by atoms with Crippen molar-refractivity contribution in [3.63, 3.8) is 0 Å². The standard InChI is InChI=1S/C22H15F4N3O5/c1-12(30)11-33-16-5-3-4-6-17(16)34-18-8-15(14(23)7-13(18)10-27)29-20(31)9-19(22(24,25)26)28(2)21(29)32/h3-9H,11H2,1-2H3. The molecule has 8 nitrogen and oxygen atoms in total. The van der Waals surface area contributed by atoms with Crippen molar-refractivity contribution in [1.29, 1.82) is 5.26 Å². The summed E-state index contributed by atoms with van der Waals surface area (Å²) >= 11 is 0. The molecule has 0 saturated carbocycles. The SMILES string of the molecule is CC(=O)COc1ccccc1Oc1cc(-n2c(=O)cc(C(F)(F)F)n(C)c2=O)c(F)cc1C#N. The fourth-order valence-electron chi connectivity index (χ4n) is 2.96. The second-order valence-electron chi connectivity index (χ2n) is 6.99. The number of carbonyl (C=O) groups excluding carboxylic acids is 1. The number of rotatable bonds is 6. The molecule has 3 aromatic rings. The Morgan fingerprint density at radius 1 is 1.09 bits per heavy atom. The third-order valence-electron chi connectivity index (χ3n) is 4.52. The maximum atomic E-state index is 14.8. The van der Waals surface area contributed by atoms with Crippen LogP contribution in [0.25, 0.3) is 5.69 Å². The van der Waals surface area contributed by atoms with E-state index < -0.39 is 34.6 Å². The van der Waals surface area contributed by atoms with Gasteiger partial charge in [-0.25, -0.2) is 13.8 Å². The van der Waals surface area contributed by atoms with Gasteiger partial charge in [0.1, 0.15) is 29.9 Å². The zero-order valence-electron chi connectivity index (χ0n) is 17.6. The fourth-order valence-corrected chi connectivity index (χ4v) is 2.96. The topological polar surface area (TPSA) is 103 Å². The van der Waals surface area contributed by atoms with Crippen LogP contribution in [-0.2, 0) is 18.0 Å². The van der Waals surface area contributed by atoms with E-state index >= 15 is 0 Å². The number of nitriles is 1. The van der Waals surface area contributed by atoms with E-state index in [2.05, 4.69) is 0 Å². The van der Waals surface area contributed by atoms with Gasteiger partial charge >= 0.3 is 11.9 Å². The lowest BCUT2D eigenvalue weighted by atomic mass is 10.1. The number of Topliss-reactive ketones (excluding diaryl/α,β-unsaturated/α-hetero) is 1. The summed E-state index contributed by atoms with van der Waals surface area (Å²) in [5.41, 5.74) is -5.47. The van der Waals surface area contributed by atoms with Gasteiger partial charge in [0, 0.05) is 19.2 Å². The average molecular weight is 477 g/mol. The molecular formula is C22H15F4N3O5. The van der Waals surface area contributed by atoms with E-state index in [-0.39, 0.29) is 50.4 Å². The fraction of sp³-hybridized carbons (Fsp3) is 0.182. The van der Waals surface area contributed by atoms with Gasteiger partial charge in [-0.05, 0) is 25.1 Å². The van der Waals surface area contributed by atoms with Gasteiger partial charge < -0.3 is 9.47 Å². The van der Waals surface area contributed by atoms with Crippen molar-refractivity contribution in [2.75, 3.05) is 6.61 Å². The Balaban J connectivity index is 2.17. The van der Waals surface area contributed by atoms with Crippen LogP contribution in [0.1, 0.15) is 18.2 Å². The zero-order valence-corrected chi connectivity index (χ0v) is 17.6. The third kappa shape index (κ3) is 4.83. The number of halogens is 4. The molecule has 0 saturated heterocycles. The van der Waals surface area contributed by atoms with Gasteiger partial charge in [-0.2, -0.15) is 18.4 Å². The Labute approximate surface area is 188 Å². The van der Waals surface area contributed by atoms with Gasteiger partial charge in [0.2, 0.25) is 0 Å². The molecule has 176 valence electrons. The molecule has 1 heterocycles. The highest BCUT2D eigenvalue weighted by Crippen LogP contribution is 2.34. The molecule has 1 aromatic heterocycles. The molecule has 0 unspecified atom stereocenters. The number of ether oxygens (including phenoxy) is 2. The highest BCUT2D eigenvalue weighted by Gasteiger charge is 2.35. The van der Waals surface area contributed by atoms with E-state index in [1.165, 1.54) is 19.1 Å². The molecule has 0 bridgehead atoms. The highest BCUT2D eigenvalue weighted by atomic mass is 19.4. The summed E-state index contributed by atoms with van der Waals surface area (Å²) in [7, 11) is 0.780. The first-order valence-corrected chi connectivity index (χ1v) is 9.47. The molecule has 0 N–H and O–H groups in total. The monoisotopic (exact) mass is 477 g/mol. The van der Waals surface area contributed by atoms with E-state index in [0.717, 1.165) is 13.1 Å². The van der Waals surface area contributed by atoms with Crippen molar-refractivity contribution in [2.45, 2.75) is 13.1 Å². The minimum absolute atomic E-state index is 0.0190. The lowest BCUT2D eigenvalue weighted by molar-refractivity contribution is -0.144.